The third kappa shape index (κ3) is 3.76. The average molecular weight is 260 g/mol. The number of hydrogen-bond donors (Lipinski definition) is 5. The van der Waals surface area contributed by atoms with Crippen molar-refractivity contribution in [2.24, 2.45) is 0 Å². The number of rotatable bonds is 2. The lowest BCUT2D eigenvalue weighted by Gasteiger charge is -2.06. The molecule has 2 rings (SSSR count). The number of aliphatic hydroxyl groups is 1. The Bertz CT molecular complexity index is 345. The number of hydrogen-bond acceptors (Lipinski definition) is 6. The van der Waals surface area contributed by atoms with Crippen molar-refractivity contribution in [3.8, 4) is 0 Å². The van der Waals surface area contributed by atoms with Gasteiger partial charge in [-0.25, -0.2) is 0 Å². The molecule has 18 heavy (non-hydrogen) atoms. The predicted octanol–water partition coefficient (Wildman–Crippen LogP) is -2.20. The Hall–Kier alpha value is -1.51. The van der Waals surface area contributed by atoms with Crippen molar-refractivity contribution in [1.29, 1.82) is 0 Å². The van der Waals surface area contributed by atoms with E-state index in [9.17, 15) is 14.4 Å². The molecular weight excluding hydrogens is 244 g/mol. The summed E-state index contributed by atoms with van der Waals surface area (Å²) in [5.74, 6) is -2.26. The molecule has 0 aromatic carbocycles. The maximum absolute atomic E-state index is 10.6. The van der Waals surface area contributed by atoms with E-state index < -0.39 is 30.1 Å². The molecule has 5 N–H and O–H groups in total. The number of ketones is 1. The topological polar surface area (TPSA) is 136 Å². The fourth-order valence-electron chi connectivity index (χ4n) is 1.76. The largest absolute Gasteiger partial charge is 0.480 e. The van der Waals surface area contributed by atoms with Gasteiger partial charge in [-0.1, -0.05) is 0 Å². The SMILES string of the molecule is O=C(O)[C@H]1NCCC1=O.O=C(O)[C@H]1NCCC1O. The highest BCUT2D eigenvalue weighted by Gasteiger charge is 2.30. The van der Waals surface area contributed by atoms with Crippen molar-refractivity contribution in [3.05, 3.63) is 0 Å². The molecule has 0 aromatic rings. The monoisotopic (exact) mass is 260 g/mol. The van der Waals surface area contributed by atoms with Gasteiger partial charge in [0.2, 0.25) is 0 Å². The fourth-order valence-corrected chi connectivity index (χ4v) is 1.76. The van der Waals surface area contributed by atoms with E-state index in [4.69, 9.17) is 15.3 Å². The van der Waals surface area contributed by atoms with Crippen molar-refractivity contribution in [3.63, 3.8) is 0 Å². The summed E-state index contributed by atoms with van der Waals surface area (Å²) in [5, 5.41) is 30.8. The quantitative estimate of drug-likeness (QED) is 0.353. The molecule has 2 heterocycles. The number of carboxylic acids is 2. The van der Waals surface area contributed by atoms with E-state index in [1.165, 1.54) is 0 Å². The van der Waals surface area contributed by atoms with Gasteiger partial charge in [-0.2, -0.15) is 0 Å². The highest BCUT2D eigenvalue weighted by Crippen LogP contribution is 2.05. The van der Waals surface area contributed by atoms with E-state index in [1.54, 1.807) is 0 Å². The van der Waals surface area contributed by atoms with Crippen LogP contribution in [0.25, 0.3) is 0 Å². The van der Waals surface area contributed by atoms with Crippen LogP contribution in [0.15, 0.2) is 0 Å². The summed E-state index contributed by atoms with van der Waals surface area (Å²) < 4.78 is 0. The first-order valence-corrected chi connectivity index (χ1v) is 5.56. The van der Waals surface area contributed by atoms with Crippen molar-refractivity contribution in [2.75, 3.05) is 13.1 Å². The standard InChI is InChI=1S/C5H9NO3.C5H7NO3/c2*7-3-1-2-6-4(3)5(8)9/h3-4,6-7H,1-2H2,(H,8,9);4,6H,1-2H2,(H,8,9)/t3?,4-;4-/m00/s1. The first-order valence-electron chi connectivity index (χ1n) is 5.56. The molecule has 0 aliphatic carbocycles. The summed E-state index contributed by atoms with van der Waals surface area (Å²) in [7, 11) is 0. The van der Waals surface area contributed by atoms with Gasteiger partial charge in [-0.15, -0.1) is 0 Å². The minimum Gasteiger partial charge on any atom is -0.480 e. The first kappa shape index (κ1) is 14.6. The van der Waals surface area contributed by atoms with Crippen LogP contribution in [-0.2, 0) is 14.4 Å². The molecule has 2 aliphatic heterocycles. The zero-order chi connectivity index (χ0) is 13.7. The van der Waals surface area contributed by atoms with E-state index in [0.29, 0.717) is 25.9 Å². The van der Waals surface area contributed by atoms with Gasteiger partial charge in [0.15, 0.2) is 11.8 Å². The second-order valence-electron chi connectivity index (χ2n) is 4.07. The number of aliphatic carboxylic acids is 2. The zero-order valence-corrected chi connectivity index (χ0v) is 9.63. The Kier molecular flexibility index (Phi) is 5.20. The van der Waals surface area contributed by atoms with Gasteiger partial charge in [0.25, 0.3) is 0 Å². The molecule has 8 heteroatoms. The van der Waals surface area contributed by atoms with Crippen LogP contribution in [0.1, 0.15) is 12.8 Å². The van der Waals surface area contributed by atoms with Gasteiger partial charge in [-0.05, 0) is 13.0 Å². The minimum atomic E-state index is -1.07. The van der Waals surface area contributed by atoms with Crippen molar-refractivity contribution in [1.82, 2.24) is 10.6 Å². The highest BCUT2D eigenvalue weighted by atomic mass is 16.4. The summed E-state index contributed by atoms with van der Waals surface area (Å²) in [4.78, 5) is 30.9. The lowest BCUT2D eigenvalue weighted by atomic mass is 10.2. The molecule has 102 valence electrons. The van der Waals surface area contributed by atoms with E-state index in [0.717, 1.165) is 0 Å². The Labute approximate surface area is 103 Å². The van der Waals surface area contributed by atoms with Crippen LogP contribution in [0.5, 0.6) is 0 Å². The van der Waals surface area contributed by atoms with Gasteiger partial charge >= 0.3 is 11.9 Å². The van der Waals surface area contributed by atoms with Gasteiger partial charge in [-0.3, -0.25) is 19.7 Å². The number of aliphatic hydroxyl groups excluding tert-OH is 1. The number of carbonyl (C=O) groups is 3. The van der Waals surface area contributed by atoms with Crippen LogP contribution < -0.4 is 10.6 Å². The second-order valence-corrected chi connectivity index (χ2v) is 4.07. The molecule has 2 aliphatic rings. The maximum atomic E-state index is 10.6. The van der Waals surface area contributed by atoms with E-state index >= 15 is 0 Å². The van der Waals surface area contributed by atoms with Crippen LogP contribution in [-0.4, -0.2) is 64.3 Å². The molecule has 0 saturated carbocycles. The lowest BCUT2D eigenvalue weighted by molar-refractivity contribution is -0.142. The average Bonchev–Trinajstić information content (AvgIpc) is 2.87. The van der Waals surface area contributed by atoms with E-state index in [2.05, 4.69) is 10.6 Å². The summed E-state index contributed by atoms with van der Waals surface area (Å²) in [6.45, 7) is 1.09. The summed E-state index contributed by atoms with van der Waals surface area (Å²) >= 11 is 0. The molecule has 2 fully saturated rings. The van der Waals surface area contributed by atoms with Crippen LogP contribution in [0.2, 0.25) is 0 Å². The normalized spacial score (nSPS) is 30.7. The maximum Gasteiger partial charge on any atom is 0.328 e. The summed E-state index contributed by atoms with van der Waals surface area (Å²) in [6, 6.07) is -1.69. The predicted molar refractivity (Wildman–Crippen MR) is 59.1 cm³/mol. The number of Topliss-reactive ketones (excluding diaryl/α,β-unsaturated/α-hetero) is 1. The number of carboxylic acid groups (broad SMARTS) is 2. The van der Waals surface area contributed by atoms with Crippen LogP contribution >= 0.6 is 0 Å². The Morgan fingerprint density at radius 3 is 2.00 bits per heavy atom. The third-order valence-corrected chi connectivity index (χ3v) is 2.74. The summed E-state index contributed by atoms with van der Waals surface area (Å²) in [5.41, 5.74) is 0. The van der Waals surface area contributed by atoms with Gasteiger partial charge < -0.3 is 20.6 Å². The Balaban J connectivity index is 0.000000180. The molecule has 2 saturated heterocycles. The number of nitrogens with one attached hydrogen (secondary N) is 2. The molecule has 1 unspecified atom stereocenters. The van der Waals surface area contributed by atoms with Crippen LogP contribution in [0, 0.1) is 0 Å². The first-order chi connectivity index (χ1) is 8.43. The minimum absolute atomic E-state index is 0.220. The van der Waals surface area contributed by atoms with Crippen LogP contribution in [0.3, 0.4) is 0 Å². The smallest absolute Gasteiger partial charge is 0.328 e. The number of carbonyl (C=O) groups excluding carboxylic acids is 1. The molecule has 0 radical (unpaired) electrons. The molecule has 0 spiro atoms. The zero-order valence-electron chi connectivity index (χ0n) is 9.63. The van der Waals surface area contributed by atoms with Crippen molar-refractivity contribution in [2.45, 2.75) is 31.0 Å². The van der Waals surface area contributed by atoms with Crippen molar-refractivity contribution < 1.29 is 29.7 Å². The van der Waals surface area contributed by atoms with E-state index in [1.807, 2.05) is 0 Å². The molecule has 0 aromatic heterocycles. The van der Waals surface area contributed by atoms with E-state index in [-0.39, 0.29) is 5.78 Å². The molecule has 8 nitrogen and oxygen atoms in total. The molecular formula is C10H16N2O6. The molecule has 0 bridgehead atoms. The lowest BCUT2D eigenvalue weighted by Crippen LogP contribution is -2.38. The van der Waals surface area contributed by atoms with Crippen LogP contribution in [0.4, 0.5) is 0 Å². The van der Waals surface area contributed by atoms with Gasteiger partial charge in [0.05, 0.1) is 6.10 Å². The van der Waals surface area contributed by atoms with Crippen molar-refractivity contribution >= 4 is 17.7 Å². The Morgan fingerprint density at radius 2 is 1.78 bits per heavy atom. The Morgan fingerprint density at radius 1 is 1.11 bits per heavy atom. The highest BCUT2D eigenvalue weighted by molar-refractivity contribution is 6.03. The molecule has 3 atom stereocenters. The molecule has 0 amide bonds. The fraction of sp³-hybridized carbons (Fsp3) is 0.700. The second kappa shape index (κ2) is 6.43. The summed E-state index contributed by atoms with van der Waals surface area (Å²) in [6.07, 6.45) is 0.177. The van der Waals surface area contributed by atoms with Gasteiger partial charge in [0.1, 0.15) is 6.04 Å². The third-order valence-electron chi connectivity index (χ3n) is 2.74. The van der Waals surface area contributed by atoms with Gasteiger partial charge in [0, 0.05) is 13.0 Å².